The van der Waals surface area contributed by atoms with Crippen LogP contribution in [0.25, 0.3) is 5.69 Å². The van der Waals surface area contributed by atoms with Crippen LogP contribution in [0.2, 0.25) is 0 Å². The monoisotopic (exact) mass is 308 g/mol. The molecule has 1 aromatic carbocycles. The van der Waals surface area contributed by atoms with Crippen LogP contribution < -0.4 is 9.47 Å². The van der Waals surface area contributed by atoms with E-state index in [2.05, 4.69) is 15.5 Å². The molecule has 0 unspecified atom stereocenters. The number of aliphatic carboxylic acids is 1. The standard InChI is InChI=1S/C12H12N4O4S/c17-11(18)7-21-12-13-14-15-16(12)8-2-3-9-10(6-8)20-5-1-4-19-9/h2-3,6H,1,4-5,7H2,(H,17,18). The maximum Gasteiger partial charge on any atom is 0.313 e. The predicted molar refractivity (Wildman–Crippen MR) is 73.1 cm³/mol. The van der Waals surface area contributed by atoms with Gasteiger partial charge >= 0.3 is 5.97 Å². The van der Waals surface area contributed by atoms with Crippen molar-refractivity contribution in [3.8, 4) is 17.2 Å². The summed E-state index contributed by atoms with van der Waals surface area (Å²) < 4.78 is 12.7. The number of rotatable bonds is 4. The minimum Gasteiger partial charge on any atom is -0.490 e. The number of carboxylic acids is 1. The molecule has 1 aromatic heterocycles. The van der Waals surface area contributed by atoms with Crippen molar-refractivity contribution in [2.24, 2.45) is 0 Å². The van der Waals surface area contributed by atoms with Gasteiger partial charge in [-0.25, -0.2) is 0 Å². The number of carboxylic acid groups (broad SMARTS) is 1. The van der Waals surface area contributed by atoms with Gasteiger partial charge in [0.1, 0.15) is 0 Å². The largest absolute Gasteiger partial charge is 0.490 e. The van der Waals surface area contributed by atoms with Gasteiger partial charge in [-0.2, -0.15) is 4.68 Å². The Labute approximate surface area is 124 Å². The Hall–Kier alpha value is -2.29. The smallest absolute Gasteiger partial charge is 0.313 e. The van der Waals surface area contributed by atoms with Gasteiger partial charge in [0.15, 0.2) is 11.5 Å². The van der Waals surface area contributed by atoms with Crippen molar-refractivity contribution < 1.29 is 19.4 Å². The Morgan fingerprint density at radius 2 is 2.14 bits per heavy atom. The lowest BCUT2D eigenvalue weighted by molar-refractivity contribution is -0.133. The van der Waals surface area contributed by atoms with Gasteiger partial charge in [-0.1, -0.05) is 11.8 Å². The van der Waals surface area contributed by atoms with Crippen LogP contribution in [-0.2, 0) is 4.79 Å². The molecule has 0 radical (unpaired) electrons. The zero-order chi connectivity index (χ0) is 14.7. The molecule has 21 heavy (non-hydrogen) atoms. The number of hydrogen-bond donors (Lipinski definition) is 1. The number of ether oxygens (including phenoxy) is 2. The highest BCUT2D eigenvalue weighted by Crippen LogP contribution is 2.32. The molecular weight excluding hydrogens is 296 g/mol. The summed E-state index contributed by atoms with van der Waals surface area (Å²) in [4.78, 5) is 10.6. The maximum absolute atomic E-state index is 10.6. The second-order valence-corrected chi connectivity index (χ2v) is 5.18. The van der Waals surface area contributed by atoms with Gasteiger partial charge < -0.3 is 14.6 Å². The SMILES string of the molecule is O=C(O)CSc1nnnn1-c1ccc2c(c1)OCCCO2. The van der Waals surface area contributed by atoms with E-state index in [1.165, 1.54) is 4.68 Å². The van der Waals surface area contributed by atoms with Crippen molar-refractivity contribution in [2.75, 3.05) is 19.0 Å². The average Bonchev–Trinajstić information content (AvgIpc) is 2.82. The van der Waals surface area contributed by atoms with Crippen LogP contribution in [0.3, 0.4) is 0 Å². The quantitative estimate of drug-likeness (QED) is 0.835. The fraction of sp³-hybridized carbons (Fsp3) is 0.333. The number of benzene rings is 1. The molecule has 2 aromatic rings. The lowest BCUT2D eigenvalue weighted by atomic mass is 10.3. The Balaban J connectivity index is 1.89. The predicted octanol–water partition coefficient (Wildman–Crippen LogP) is 1.00. The molecule has 0 aliphatic carbocycles. The van der Waals surface area contributed by atoms with Gasteiger partial charge in [0.25, 0.3) is 0 Å². The molecule has 1 aliphatic rings. The molecule has 1 aliphatic heterocycles. The first-order chi connectivity index (χ1) is 10.2. The lowest BCUT2D eigenvalue weighted by Gasteiger charge is -2.09. The molecule has 8 nitrogen and oxygen atoms in total. The van der Waals surface area contributed by atoms with E-state index in [1.54, 1.807) is 18.2 Å². The fourth-order valence-corrected chi connectivity index (χ4v) is 2.45. The van der Waals surface area contributed by atoms with Crippen molar-refractivity contribution >= 4 is 17.7 Å². The summed E-state index contributed by atoms with van der Waals surface area (Å²) in [5, 5.41) is 20.4. The van der Waals surface area contributed by atoms with E-state index in [0.29, 0.717) is 35.6 Å². The summed E-state index contributed by atoms with van der Waals surface area (Å²) in [5.74, 6) is 0.289. The van der Waals surface area contributed by atoms with E-state index in [9.17, 15) is 4.79 Å². The minimum atomic E-state index is -0.923. The fourth-order valence-electron chi connectivity index (χ4n) is 1.84. The number of fused-ring (bicyclic) bond motifs is 1. The molecule has 0 saturated carbocycles. The molecule has 3 rings (SSSR count). The van der Waals surface area contributed by atoms with Crippen LogP contribution in [0.4, 0.5) is 0 Å². The van der Waals surface area contributed by atoms with E-state index in [4.69, 9.17) is 14.6 Å². The molecule has 2 heterocycles. The molecular formula is C12H12N4O4S. The summed E-state index contributed by atoms with van der Waals surface area (Å²) in [6, 6.07) is 5.37. The number of hydrogen-bond acceptors (Lipinski definition) is 7. The summed E-state index contributed by atoms with van der Waals surface area (Å²) in [5.41, 5.74) is 0.692. The second kappa shape index (κ2) is 6.00. The van der Waals surface area contributed by atoms with E-state index in [1.807, 2.05) is 0 Å². The topological polar surface area (TPSA) is 99.4 Å². The van der Waals surface area contributed by atoms with E-state index in [0.717, 1.165) is 18.2 Å². The van der Waals surface area contributed by atoms with E-state index in [-0.39, 0.29) is 5.75 Å². The van der Waals surface area contributed by atoms with Gasteiger partial charge in [0.05, 0.1) is 24.7 Å². The van der Waals surface area contributed by atoms with Crippen molar-refractivity contribution in [2.45, 2.75) is 11.6 Å². The number of thioether (sulfide) groups is 1. The Morgan fingerprint density at radius 1 is 1.33 bits per heavy atom. The molecule has 0 atom stereocenters. The minimum absolute atomic E-state index is 0.106. The molecule has 1 N–H and O–H groups in total. The summed E-state index contributed by atoms with van der Waals surface area (Å²) >= 11 is 1.05. The Kier molecular flexibility index (Phi) is 3.91. The zero-order valence-electron chi connectivity index (χ0n) is 10.9. The molecule has 0 amide bonds. The molecule has 0 fully saturated rings. The molecule has 9 heteroatoms. The number of nitrogens with zero attached hydrogens (tertiary/aromatic N) is 4. The molecule has 0 bridgehead atoms. The second-order valence-electron chi connectivity index (χ2n) is 4.24. The van der Waals surface area contributed by atoms with Crippen LogP contribution in [0.15, 0.2) is 23.4 Å². The van der Waals surface area contributed by atoms with Crippen LogP contribution in [0.1, 0.15) is 6.42 Å². The van der Waals surface area contributed by atoms with Crippen LogP contribution in [0, 0.1) is 0 Å². The number of tetrazole rings is 1. The molecule has 0 saturated heterocycles. The first-order valence-corrected chi connectivity index (χ1v) is 7.25. The molecule has 0 spiro atoms. The lowest BCUT2D eigenvalue weighted by Crippen LogP contribution is -2.03. The van der Waals surface area contributed by atoms with Crippen molar-refractivity contribution in [1.82, 2.24) is 20.2 Å². The molecule has 110 valence electrons. The number of aromatic nitrogens is 4. The Bertz CT molecular complexity index is 660. The first-order valence-electron chi connectivity index (χ1n) is 6.27. The third kappa shape index (κ3) is 3.07. The first kappa shape index (κ1) is 13.7. The maximum atomic E-state index is 10.6. The van der Waals surface area contributed by atoms with Gasteiger partial charge in [0.2, 0.25) is 5.16 Å². The van der Waals surface area contributed by atoms with E-state index < -0.39 is 5.97 Å². The van der Waals surface area contributed by atoms with Crippen LogP contribution in [-0.4, -0.2) is 50.2 Å². The van der Waals surface area contributed by atoms with Crippen molar-refractivity contribution in [3.05, 3.63) is 18.2 Å². The van der Waals surface area contributed by atoms with Crippen LogP contribution in [0.5, 0.6) is 11.5 Å². The number of carbonyl (C=O) groups is 1. The van der Waals surface area contributed by atoms with Gasteiger partial charge in [0, 0.05) is 12.5 Å². The highest BCUT2D eigenvalue weighted by molar-refractivity contribution is 7.99. The van der Waals surface area contributed by atoms with Crippen molar-refractivity contribution in [1.29, 1.82) is 0 Å². The summed E-state index contributed by atoms with van der Waals surface area (Å²) in [7, 11) is 0. The van der Waals surface area contributed by atoms with Crippen molar-refractivity contribution in [3.63, 3.8) is 0 Å². The van der Waals surface area contributed by atoms with E-state index >= 15 is 0 Å². The van der Waals surface area contributed by atoms with Gasteiger partial charge in [-0.3, -0.25) is 4.79 Å². The zero-order valence-corrected chi connectivity index (χ0v) is 11.7. The van der Waals surface area contributed by atoms with Crippen LogP contribution >= 0.6 is 11.8 Å². The highest BCUT2D eigenvalue weighted by Gasteiger charge is 2.15. The normalized spacial score (nSPS) is 13.7. The third-order valence-electron chi connectivity index (χ3n) is 2.74. The average molecular weight is 308 g/mol. The third-order valence-corrected chi connectivity index (χ3v) is 3.65. The van der Waals surface area contributed by atoms with Gasteiger partial charge in [-0.05, 0) is 22.6 Å². The van der Waals surface area contributed by atoms with Gasteiger partial charge in [-0.15, -0.1) is 5.10 Å². The Morgan fingerprint density at radius 3 is 2.95 bits per heavy atom. The highest BCUT2D eigenvalue weighted by atomic mass is 32.2. The summed E-state index contributed by atoms with van der Waals surface area (Å²) in [6.45, 7) is 1.21. The summed E-state index contributed by atoms with van der Waals surface area (Å²) in [6.07, 6.45) is 0.828.